The molecule has 15 aromatic carbocycles. The molecule has 13 N–H and O–H groups in total. The van der Waals surface area contributed by atoms with Gasteiger partial charge in [0.15, 0.2) is 0 Å². The summed E-state index contributed by atoms with van der Waals surface area (Å²) in [5.41, 5.74) is 35.9. The van der Waals surface area contributed by atoms with Crippen LogP contribution in [-0.4, -0.2) is 35.7 Å². The van der Waals surface area contributed by atoms with E-state index in [2.05, 4.69) is 36.4 Å². The van der Waals surface area contributed by atoms with Crippen LogP contribution in [0.2, 0.25) is 0 Å². The van der Waals surface area contributed by atoms with Crippen molar-refractivity contribution in [3.05, 3.63) is 328 Å². The molecule has 0 radical (unpaired) electrons. The van der Waals surface area contributed by atoms with Crippen molar-refractivity contribution in [3.8, 4) is 141 Å². The van der Waals surface area contributed by atoms with Crippen LogP contribution in [0.25, 0.3) is 99.8 Å². The Morgan fingerprint density at radius 1 is 0.231 bits per heavy atom. The Kier molecular flexibility index (Phi) is 18.7. The molecule has 15 aromatic rings. The van der Waals surface area contributed by atoms with Gasteiger partial charge >= 0.3 is 14.7 Å². The predicted octanol–water partition coefficient (Wildman–Crippen LogP) is 19.2. The number of nitrogen functional groups attached to an aromatic ring is 3. The maximum atomic E-state index is 14.1. The van der Waals surface area contributed by atoms with E-state index in [9.17, 15) is 44.9 Å². The molecule has 0 aliphatic carbocycles. The van der Waals surface area contributed by atoms with E-state index in [0.717, 1.165) is 106 Å². The summed E-state index contributed by atoms with van der Waals surface area (Å²) in [6, 6.07) is 99.5. The molecule has 510 valence electrons. The van der Waals surface area contributed by atoms with Gasteiger partial charge < -0.3 is 62.0 Å². The number of anilines is 3. The summed E-state index contributed by atoms with van der Waals surface area (Å²) in [6.07, 6.45) is 0. The highest BCUT2D eigenvalue weighted by molar-refractivity contribution is 7.75. The molecule has 16 heteroatoms. The lowest BCUT2D eigenvalue weighted by Crippen LogP contribution is -2.25. The van der Waals surface area contributed by atoms with E-state index in [1.807, 2.05) is 164 Å². The lowest BCUT2D eigenvalue weighted by Gasteiger charge is -2.29. The summed E-state index contributed by atoms with van der Waals surface area (Å²) < 4.78 is 39.7. The zero-order valence-electron chi connectivity index (χ0n) is 55.6. The third kappa shape index (κ3) is 14.0. The van der Waals surface area contributed by atoms with E-state index >= 15 is 0 Å². The highest BCUT2D eigenvalue weighted by Crippen LogP contribution is 2.58. The Bertz CT molecular complexity index is 5310. The van der Waals surface area contributed by atoms with Crippen LogP contribution in [-0.2, 0) is 9.13 Å². The molecule has 0 aromatic heterocycles. The summed E-state index contributed by atoms with van der Waals surface area (Å²) in [5.74, 6) is 1.25. The maximum absolute atomic E-state index is 14.1. The number of fused-ring (bicyclic) bond motifs is 7. The molecule has 0 spiro atoms. The van der Waals surface area contributed by atoms with E-state index in [0.29, 0.717) is 32.9 Å². The predicted molar refractivity (Wildman–Crippen MR) is 420 cm³/mol. The largest absolute Gasteiger partial charge is 0.508 e. The van der Waals surface area contributed by atoms with Gasteiger partial charge in [0.2, 0.25) is 0 Å². The number of nitrogens with two attached hydrogens (primary N) is 3. The molecule has 0 amide bonds. The van der Waals surface area contributed by atoms with Gasteiger partial charge in [-0.15, -0.1) is 0 Å². The van der Waals surface area contributed by atoms with Crippen molar-refractivity contribution in [2.75, 3.05) is 17.2 Å². The van der Waals surface area contributed by atoms with Crippen LogP contribution in [0.3, 0.4) is 0 Å². The molecule has 2 atom stereocenters. The number of phenolic OH excluding ortho intramolecular Hbond substituents is 7. The van der Waals surface area contributed by atoms with Gasteiger partial charge in [0.25, 0.3) is 0 Å². The lowest BCUT2D eigenvalue weighted by atomic mass is 9.93. The monoisotopic (exact) mass is 1400 g/mol. The van der Waals surface area contributed by atoms with E-state index in [4.69, 9.17) is 26.2 Å². The topological polar surface area (TPSA) is 272 Å². The van der Waals surface area contributed by atoms with Gasteiger partial charge in [0, 0.05) is 39.0 Å². The Labute approximate surface area is 599 Å². The first kappa shape index (κ1) is 67.8. The van der Waals surface area contributed by atoms with Crippen LogP contribution in [0.5, 0.6) is 51.7 Å². The average molecular weight is 1400 g/mol. The molecular weight excluding hydrogens is 1340 g/mol. The average Bonchev–Trinajstić information content (AvgIpc) is 0.718. The second-order valence-electron chi connectivity index (χ2n) is 24.9. The van der Waals surface area contributed by atoms with Gasteiger partial charge in [-0.1, -0.05) is 170 Å². The highest BCUT2D eigenvalue weighted by Gasteiger charge is 2.42. The Hall–Kier alpha value is -13.4. The number of rotatable bonds is 8. The molecule has 2 heterocycles. The third-order valence-electron chi connectivity index (χ3n) is 18.0. The van der Waals surface area contributed by atoms with Crippen LogP contribution < -0.4 is 47.5 Å². The van der Waals surface area contributed by atoms with E-state index in [1.54, 1.807) is 103 Å². The quantitative estimate of drug-likeness (QED) is 0.0385. The number of hydrogen-bond acceptors (Lipinski definition) is 14. The lowest BCUT2D eigenvalue weighted by molar-refractivity contribution is 0.459. The molecule has 0 fully saturated rings. The number of phenols is 7. The molecule has 104 heavy (non-hydrogen) atoms. The highest BCUT2D eigenvalue weighted by atomic mass is 31.2. The summed E-state index contributed by atoms with van der Waals surface area (Å²) in [6.45, 7) is 0. The van der Waals surface area contributed by atoms with Crippen LogP contribution >= 0.6 is 14.7 Å². The Morgan fingerprint density at radius 2 is 0.519 bits per heavy atom. The van der Waals surface area contributed by atoms with Crippen LogP contribution in [0.4, 0.5) is 17.1 Å². The van der Waals surface area contributed by atoms with Crippen LogP contribution in [0.1, 0.15) is 0 Å². The van der Waals surface area contributed by atoms with Crippen LogP contribution in [0.15, 0.2) is 328 Å². The van der Waals surface area contributed by atoms with Gasteiger partial charge in [-0.3, -0.25) is 9.13 Å². The van der Waals surface area contributed by atoms with Gasteiger partial charge in [-0.25, -0.2) is 0 Å². The third-order valence-corrected chi connectivity index (χ3v) is 22.9. The first-order chi connectivity index (χ1) is 50.3. The van der Waals surface area contributed by atoms with Crippen molar-refractivity contribution in [3.63, 3.8) is 0 Å². The second kappa shape index (κ2) is 28.7. The summed E-state index contributed by atoms with van der Waals surface area (Å²) in [5, 5.41) is 72.1. The van der Waals surface area contributed by atoms with Gasteiger partial charge in [0.1, 0.15) is 51.7 Å². The minimum Gasteiger partial charge on any atom is -0.508 e. The molecule has 14 nitrogen and oxygen atoms in total. The van der Waals surface area contributed by atoms with Gasteiger partial charge in [-0.05, 0) is 236 Å². The maximum Gasteiger partial charge on any atom is 0.311 e. The van der Waals surface area contributed by atoms with E-state index in [-0.39, 0.29) is 50.9 Å². The smallest absolute Gasteiger partial charge is 0.311 e. The normalized spacial score (nSPS) is 14.3. The first-order valence-corrected chi connectivity index (χ1v) is 36.3. The van der Waals surface area contributed by atoms with Gasteiger partial charge in [-0.2, -0.15) is 0 Å². The molecule has 2 aliphatic heterocycles. The van der Waals surface area contributed by atoms with Crippen molar-refractivity contribution in [1.29, 1.82) is 0 Å². The van der Waals surface area contributed by atoms with E-state index in [1.165, 1.54) is 24.3 Å². The molecule has 17 rings (SSSR count). The van der Waals surface area contributed by atoms with E-state index < -0.39 is 14.7 Å². The fraction of sp³-hybridized carbons (Fsp3) is 0. The summed E-state index contributed by atoms with van der Waals surface area (Å²) >= 11 is 0. The fourth-order valence-corrected chi connectivity index (χ4v) is 17.5. The molecule has 0 saturated carbocycles. The second-order valence-corrected chi connectivity index (χ2v) is 29.4. The number of hydrogen-bond donors (Lipinski definition) is 10. The first-order valence-electron chi connectivity index (χ1n) is 33.1. The number of aromatic hydroxyl groups is 7. The number of para-hydroxylation sites is 2. The number of benzene rings is 15. The van der Waals surface area contributed by atoms with Crippen molar-refractivity contribution in [2.24, 2.45) is 0 Å². The van der Waals surface area contributed by atoms with Crippen molar-refractivity contribution in [2.45, 2.75) is 0 Å². The molecule has 0 bridgehead atoms. The fourth-order valence-electron chi connectivity index (χ4n) is 12.7. The zero-order chi connectivity index (χ0) is 72.2. The minimum atomic E-state index is -3.67. The van der Waals surface area contributed by atoms with Crippen molar-refractivity contribution >= 4 is 63.8 Å². The molecular formula is C88H67N3O11P2. The molecule has 0 saturated heterocycles. The summed E-state index contributed by atoms with van der Waals surface area (Å²) in [7, 11) is -7.23. The van der Waals surface area contributed by atoms with Crippen molar-refractivity contribution < 1.29 is 53.9 Å². The Balaban J connectivity index is 0.000000117. The van der Waals surface area contributed by atoms with Gasteiger partial charge in [0.05, 0.1) is 21.2 Å². The molecule has 2 aliphatic rings. The summed E-state index contributed by atoms with van der Waals surface area (Å²) in [4.78, 5) is 0. The molecule has 2 unspecified atom stereocenters. The standard InChI is InChI=1S/C24H21N3.C24H18O3.C22H15O4P.C18H13O4P/c2*25-22-7-1-16(2-8-22)19-13-20(17-3-9-23(26)10-4-17)15-21(14-19)18-5-11-24(27)12-6-18;23-18-13-21(22(24)17-10-2-1-7-14(17)18)27(25)20-12-6-4-9-16(20)15-8-3-5-11-19(15)26-27;19-12-9-10-15(20)18(11-12)23(21)17-8-4-2-6-14(17)13-5-1-3-7-16(13)22-23/h1-15H,25-27H2;1-15,25-27H;1-13,23-24H;1-11,19-20H. The SMILES string of the molecule is Nc1ccc(-c2cc(-c3ccc(N)cc3)cc(-c3ccc(N)cc3)c2)cc1.O=P1(c2cc(O)c3ccccc3c2O)Oc2ccccc2-c2ccccc21.O=P1(c2cc(O)ccc2O)Oc2ccccc2-c2ccccc21.Oc1ccc(-c2cc(-c3ccc(O)cc3)cc(-c3ccc(O)cc3)c2)cc1. The Morgan fingerprint density at radius 3 is 0.885 bits per heavy atom. The zero-order valence-corrected chi connectivity index (χ0v) is 57.4. The minimum absolute atomic E-state index is 0.0476. The van der Waals surface area contributed by atoms with Crippen molar-refractivity contribution in [1.82, 2.24) is 0 Å². The van der Waals surface area contributed by atoms with Crippen LogP contribution in [0, 0.1) is 0 Å².